The molecular weight excluding hydrogens is 210 g/mol. The van der Waals surface area contributed by atoms with Gasteiger partial charge in [0.1, 0.15) is 6.04 Å². The van der Waals surface area contributed by atoms with Gasteiger partial charge in [-0.1, -0.05) is 13.8 Å². The summed E-state index contributed by atoms with van der Waals surface area (Å²) in [7, 11) is 0. The van der Waals surface area contributed by atoms with E-state index in [1.807, 2.05) is 13.8 Å². The van der Waals surface area contributed by atoms with Crippen LogP contribution in [-0.4, -0.2) is 33.2 Å². The van der Waals surface area contributed by atoms with E-state index in [0.717, 1.165) is 0 Å². The molecule has 1 aromatic rings. The van der Waals surface area contributed by atoms with E-state index in [4.69, 9.17) is 5.11 Å². The van der Waals surface area contributed by atoms with Crippen LogP contribution in [0.2, 0.25) is 0 Å². The van der Waals surface area contributed by atoms with Crippen molar-refractivity contribution < 1.29 is 14.7 Å². The molecule has 1 heterocycles. The SMILES string of the molecule is CC(C)CC(NC(=O)c1cn[nH]c1)C(=O)O. The highest BCUT2D eigenvalue weighted by Gasteiger charge is 2.21. The molecule has 0 aliphatic rings. The Morgan fingerprint density at radius 3 is 2.69 bits per heavy atom. The number of rotatable bonds is 5. The lowest BCUT2D eigenvalue weighted by molar-refractivity contribution is -0.139. The monoisotopic (exact) mass is 225 g/mol. The first-order valence-electron chi connectivity index (χ1n) is 5.03. The van der Waals surface area contributed by atoms with Crippen molar-refractivity contribution in [3.05, 3.63) is 18.0 Å². The van der Waals surface area contributed by atoms with Crippen LogP contribution >= 0.6 is 0 Å². The molecule has 1 atom stereocenters. The van der Waals surface area contributed by atoms with Gasteiger partial charge in [0.2, 0.25) is 0 Å². The van der Waals surface area contributed by atoms with E-state index in [9.17, 15) is 9.59 Å². The Labute approximate surface area is 93.1 Å². The minimum Gasteiger partial charge on any atom is -0.480 e. The first-order chi connectivity index (χ1) is 7.50. The lowest BCUT2D eigenvalue weighted by Crippen LogP contribution is -2.41. The molecule has 0 spiro atoms. The van der Waals surface area contributed by atoms with Gasteiger partial charge >= 0.3 is 5.97 Å². The molecule has 0 bridgehead atoms. The summed E-state index contributed by atoms with van der Waals surface area (Å²) in [6.45, 7) is 3.81. The Bertz CT molecular complexity index is 359. The number of carbonyl (C=O) groups is 2. The molecule has 16 heavy (non-hydrogen) atoms. The third-order valence-electron chi connectivity index (χ3n) is 2.07. The van der Waals surface area contributed by atoms with Gasteiger partial charge in [-0.05, 0) is 12.3 Å². The first-order valence-corrected chi connectivity index (χ1v) is 5.03. The van der Waals surface area contributed by atoms with Crippen LogP contribution in [0.15, 0.2) is 12.4 Å². The molecule has 1 rings (SSSR count). The summed E-state index contributed by atoms with van der Waals surface area (Å²) in [5.74, 6) is -1.25. The Hall–Kier alpha value is -1.85. The van der Waals surface area contributed by atoms with E-state index >= 15 is 0 Å². The molecular formula is C10H15N3O3. The van der Waals surface area contributed by atoms with Crippen LogP contribution in [-0.2, 0) is 4.79 Å². The number of aromatic nitrogens is 2. The zero-order valence-electron chi connectivity index (χ0n) is 9.23. The summed E-state index contributed by atoms with van der Waals surface area (Å²) >= 11 is 0. The van der Waals surface area contributed by atoms with Gasteiger partial charge in [0, 0.05) is 6.20 Å². The molecule has 0 aliphatic carbocycles. The highest BCUT2D eigenvalue weighted by molar-refractivity contribution is 5.96. The lowest BCUT2D eigenvalue weighted by Gasteiger charge is -2.15. The van der Waals surface area contributed by atoms with Gasteiger partial charge in [-0.25, -0.2) is 4.79 Å². The Morgan fingerprint density at radius 1 is 1.56 bits per heavy atom. The average Bonchev–Trinajstić information content (AvgIpc) is 2.68. The quantitative estimate of drug-likeness (QED) is 0.685. The molecule has 6 heteroatoms. The molecule has 0 saturated heterocycles. The van der Waals surface area contributed by atoms with E-state index in [1.165, 1.54) is 12.4 Å². The standard InChI is InChI=1S/C10H15N3O3/c1-6(2)3-8(10(15)16)13-9(14)7-4-11-12-5-7/h4-6,8H,3H2,1-2H3,(H,11,12)(H,13,14)(H,15,16). The molecule has 1 amide bonds. The highest BCUT2D eigenvalue weighted by Crippen LogP contribution is 2.06. The number of aliphatic carboxylic acids is 1. The summed E-state index contributed by atoms with van der Waals surface area (Å²) < 4.78 is 0. The third kappa shape index (κ3) is 3.38. The van der Waals surface area contributed by atoms with Crippen LogP contribution in [0.4, 0.5) is 0 Å². The van der Waals surface area contributed by atoms with E-state index in [0.29, 0.717) is 12.0 Å². The van der Waals surface area contributed by atoms with E-state index < -0.39 is 17.9 Å². The summed E-state index contributed by atoms with van der Waals surface area (Å²) in [5, 5.41) is 17.5. The fourth-order valence-electron chi connectivity index (χ4n) is 1.31. The van der Waals surface area contributed by atoms with Crippen molar-refractivity contribution in [3.63, 3.8) is 0 Å². The second-order valence-corrected chi connectivity index (χ2v) is 3.98. The first kappa shape index (κ1) is 12.2. The molecule has 88 valence electrons. The molecule has 1 unspecified atom stereocenters. The van der Waals surface area contributed by atoms with Crippen LogP contribution < -0.4 is 5.32 Å². The summed E-state index contributed by atoms with van der Waals surface area (Å²) in [5.41, 5.74) is 0.329. The Kier molecular flexibility index (Phi) is 4.04. The number of hydrogen-bond donors (Lipinski definition) is 3. The number of H-pyrrole nitrogens is 1. The highest BCUT2D eigenvalue weighted by atomic mass is 16.4. The number of nitrogens with zero attached hydrogens (tertiary/aromatic N) is 1. The molecule has 3 N–H and O–H groups in total. The largest absolute Gasteiger partial charge is 0.480 e. The van der Waals surface area contributed by atoms with Crippen molar-refractivity contribution in [1.82, 2.24) is 15.5 Å². The Morgan fingerprint density at radius 2 is 2.25 bits per heavy atom. The minimum absolute atomic E-state index is 0.200. The van der Waals surface area contributed by atoms with E-state index in [2.05, 4.69) is 15.5 Å². The van der Waals surface area contributed by atoms with Crippen molar-refractivity contribution in [2.45, 2.75) is 26.3 Å². The van der Waals surface area contributed by atoms with Gasteiger partial charge in [-0.2, -0.15) is 5.10 Å². The maximum atomic E-state index is 11.6. The fraction of sp³-hybridized carbons (Fsp3) is 0.500. The zero-order valence-corrected chi connectivity index (χ0v) is 9.23. The lowest BCUT2D eigenvalue weighted by atomic mass is 10.0. The van der Waals surface area contributed by atoms with Gasteiger partial charge in [0.15, 0.2) is 0 Å². The second kappa shape index (κ2) is 5.29. The number of hydrogen-bond acceptors (Lipinski definition) is 3. The minimum atomic E-state index is -1.02. The van der Waals surface area contributed by atoms with Crippen molar-refractivity contribution in [1.29, 1.82) is 0 Å². The third-order valence-corrected chi connectivity index (χ3v) is 2.07. The molecule has 0 saturated carbocycles. The van der Waals surface area contributed by atoms with Crippen molar-refractivity contribution in [2.24, 2.45) is 5.92 Å². The maximum Gasteiger partial charge on any atom is 0.326 e. The van der Waals surface area contributed by atoms with Crippen molar-refractivity contribution in [2.75, 3.05) is 0 Å². The van der Waals surface area contributed by atoms with Crippen LogP contribution in [0.3, 0.4) is 0 Å². The summed E-state index contributed by atoms with van der Waals surface area (Å²) in [4.78, 5) is 22.5. The predicted octanol–water partition coefficient (Wildman–Crippen LogP) is 0.639. The number of carboxylic acids is 1. The molecule has 0 aliphatic heterocycles. The zero-order chi connectivity index (χ0) is 12.1. The van der Waals surface area contributed by atoms with Gasteiger partial charge in [-0.15, -0.1) is 0 Å². The van der Waals surface area contributed by atoms with E-state index in [1.54, 1.807) is 0 Å². The molecule has 0 radical (unpaired) electrons. The number of amides is 1. The molecule has 0 aromatic carbocycles. The van der Waals surface area contributed by atoms with Crippen LogP contribution in [0.25, 0.3) is 0 Å². The van der Waals surface area contributed by atoms with Gasteiger partial charge in [0.25, 0.3) is 5.91 Å². The number of aromatic amines is 1. The summed E-state index contributed by atoms with van der Waals surface area (Å²) in [6, 6.07) is -0.859. The van der Waals surface area contributed by atoms with Gasteiger partial charge in [0.05, 0.1) is 11.8 Å². The van der Waals surface area contributed by atoms with Crippen LogP contribution in [0.5, 0.6) is 0 Å². The van der Waals surface area contributed by atoms with Gasteiger partial charge < -0.3 is 10.4 Å². The molecule has 1 aromatic heterocycles. The normalized spacial score (nSPS) is 12.4. The number of carbonyl (C=O) groups excluding carboxylic acids is 1. The molecule has 0 fully saturated rings. The number of nitrogens with one attached hydrogen (secondary N) is 2. The van der Waals surface area contributed by atoms with Crippen molar-refractivity contribution in [3.8, 4) is 0 Å². The predicted molar refractivity (Wildman–Crippen MR) is 56.9 cm³/mol. The van der Waals surface area contributed by atoms with E-state index in [-0.39, 0.29) is 5.92 Å². The smallest absolute Gasteiger partial charge is 0.326 e. The number of carboxylic acid groups (broad SMARTS) is 1. The topological polar surface area (TPSA) is 95.1 Å². The van der Waals surface area contributed by atoms with Crippen molar-refractivity contribution >= 4 is 11.9 Å². The van der Waals surface area contributed by atoms with Crippen LogP contribution in [0, 0.1) is 5.92 Å². The Balaban J connectivity index is 2.62. The second-order valence-electron chi connectivity index (χ2n) is 3.98. The summed E-state index contributed by atoms with van der Waals surface area (Å²) in [6.07, 6.45) is 3.17. The molecule has 6 nitrogen and oxygen atoms in total. The average molecular weight is 225 g/mol. The fourth-order valence-corrected chi connectivity index (χ4v) is 1.31. The van der Waals surface area contributed by atoms with Crippen LogP contribution in [0.1, 0.15) is 30.6 Å². The van der Waals surface area contributed by atoms with Gasteiger partial charge in [-0.3, -0.25) is 9.89 Å². The maximum absolute atomic E-state index is 11.6.